The fraction of sp³-hybridized carbons (Fsp3) is 0.286. The average Bonchev–Trinajstić information content (AvgIpc) is 3.03. The van der Waals surface area contributed by atoms with E-state index in [1.807, 2.05) is 24.3 Å². The summed E-state index contributed by atoms with van der Waals surface area (Å²) < 4.78 is 0. The van der Waals surface area contributed by atoms with Crippen LogP contribution in [0.15, 0.2) is 109 Å². The number of benzene rings is 5. The lowest BCUT2D eigenvalue weighted by Gasteiger charge is -2.14. The number of hydrogen-bond acceptors (Lipinski definition) is 2. The normalized spacial score (nSPS) is 11.1. The Labute approximate surface area is 265 Å². The maximum Gasteiger partial charge on any atom is 0.0314 e. The molecule has 0 aliphatic heterocycles. The van der Waals surface area contributed by atoms with E-state index in [0.29, 0.717) is 0 Å². The molecule has 5 rings (SSSR count). The maximum absolute atomic E-state index is 5.91. The van der Waals surface area contributed by atoms with Crippen LogP contribution >= 0.6 is 0 Å². The quantitative estimate of drug-likeness (QED) is 0.101. The molecule has 0 saturated heterocycles. The second-order valence-electron chi connectivity index (χ2n) is 12.5. The van der Waals surface area contributed by atoms with Gasteiger partial charge in [0, 0.05) is 11.4 Å². The van der Waals surface area contributed by atoms with Crippen molar-refractivity contribution in [2.24, 2.45) is 0 Å². The lowest BCUT2D eigenvalue weighted by molar-refractivity contribution is 0.631. The SMILES string of the molecule is CCCCCCCc1cc(Cc2ccc(N)cc2)ccc1Cc1ccc(Cc2ccc(Cc3ccc(N)cc3)cc2)c(C)c1. The van der Waals surface area contributed by atoms with Gasteiger partial charge in [0.15, 0.2) is 0 Å². The van der Waals surface area contributed by atoms with Crippen molar-refractivity contribution in [2.75, 3.05) is 11.5 Å². The van der Waals surface area contributed by atoms with Gasteiger partial charge in [0.1, 0.15) is 0 Å². The summed E-state index contributed by atoms with van der Waals surface area (Å²) in [5, 5.41) is 0. The smallest absolute Gasteiger partial charge is 0.0314 e. The van der Waals surface area contributed by atoms with Gasteiger partial charge in [-0.3, -0.25) is 0 Å². The number of unbranched alkanes of at least 4 members (excludes halogenated alkanes) is 4. The topological polar surface area (TPSA) is 52.0 Å². The van der Waals surface area contributed by atoms with E-state index in [-0.39, 0.29) is 0 Å². The number of rotatable bonds is 14. The third-order valence-electron chi connectivity index (χ3n) is 8.82. The van der Waals surface area contributed by atoms with E-state index in [1.54, 1.807) is 0 Å². The lowest BCUT2D eigenvalue weighted by atomic mass is 9.91. The summed E-state index contributed by atoms with van der Waals surface area (Å²) in [6.45, 7) is 4.55. The van der Waals surface area contributed by atoms with Crippen LogP contribution in [0.3, 0.4) is 0 Å². The van der Waals surface area contributed by atoms with Gasteiger partial charge in [0.25, 0.3) is 0 Å². The van der Waals surface area contributed by atoms with E-state index in [9.17, 15) is 0 Å². The first kappa shape index (κ1) is 31.1. The Kier molecular flexibility index (Phi) is 10.9. The molecule has 0 saturated carbocycles. The Balaban J connectivity index is 1.25. The molecule has 2 nitrogen and oxygen atoms in total. The van der Waals surface area contributed by atoms with Crippen molar-refractivity contribution in [1.29, 1.82) is 0 Å². The minimum atomic E-state index is 0.812. The molecule has 0 spiro atoms. The molecule has 2 heteroatoms. The Hall–Kier alpha value is -4.30. The zero-order valence-electron chi connectivity index (χ0n) is 26.6. The van der Waals surface area contributed by atoms with E-state index in [4.69, 9.17) is 11.5 Å². The van der Waals surface area contributed by atoms with Crippen LogP contribution in [0.2, 0.25) is 0 Å². The number of hydrogen-bond donors (Lipinski definition) is 2. The molecule has 0 heterocycles. The molecule has 226 valence electrons. The van der Waals surface area contributed by atoms with Crippen LogP contribution < -0.4 is 11.5 Å². The fourth-order valence-corrected chi connectivity index (χ4v) is 6.14. The second kappa shape index (κ2) is 15.4. The maximum atomic E-state index is 5.91. The van der Waals surface area contributed by atoms with Gasteiger partial charge in [0.2, 0.25) is 0 Å². The van der Waals surface area contributed by atoms with Crippen LogP contribution in [0.1, 0.15) is 94.7 Å². The Morgan fingerprint density at radius 2 is 0.841 bits per heavy atom. The number of nitrogens with two attached hydrogens (primary N) is 2. The van der Waals surface area contributed by atoms with Gasteiger partial charge in [-0.25, -0.2) is 0 Å². The summed E-state index contributed by atoms with van der Waals surface area (Å²) in [7, 11) is 0. The van der Waals surface area contributed by atoms with Gasteiger partial charge >= 0.3 is 0 Å². The van der Waals surface area contributed by atoms with Crippen LogP contribution in [0.4, 0.5) is 11.4 Å². The van der Waals surface area contributed by atoms with Crippen molar-refractivity contribution in [3.63, 3.8) is 0 Å². The van der Waals surface area contributed by atoms with Crippen molar-refractivity contribution < 1.29 is 0 Å². The summed E-state index contributed by atoms with van der Waals surface area (Å²) in [5.74, 6) is 0. The molecular formula is C42H48N2. The second-order valence-corrected chi connectivity index (χ2v) is 12.5. The highest BCUT2D eigenvalue weighted by atomic mass is 14.5. The number of aryl methyl sites for hydroxylation is 2. The van der Waals surface area contributed by atoms with E-state index < -0.39 is 0 Å². The van der Waals surface area contributed by atoms with Crippen LogP contribution in [0.25, 0.3) is 0 Å². The van der Waals surface area contributed by atoms with Crippen molar-refractivity contribution in [1.82, 2.24) is 0 Å². The van der Waals surface area contributed by atoms with Crippen LogP contribution in [0, 0.1) is 6.92 Å². The number of nitrogen functional groups attached to an aromatic ring is 2. The zero-order chi connectivity index (χ0) is 30.7. The van der Waals surface area contributed by atoms with E-state index in [0.717, 1.165) is 43.5 Å². The highest BCUT2D eigenvalue weighted by Gasteiger charge is 2.09. The predicted molar refractivity (Wildman–Crippen MR) is 189 cm³/mol. The minimum absolute atomic E-state index is 0.812. The van der Waals surface area contributed by atoms with Crippen molar-refractivity contribution in [3.8, 4) is 0 Å². The van der Waals surface area contributed by atoms with E-state index >= 15 is 0 Å². The molecule has 5 aromatic rings. The van der Waals surface area contributed by atoms with Gasteiger partial charge in [-0.2, -0.15) is 0 Å². The molecular weight excluding hydrogens is 532 g/mol. The molecule has 0 unspecified atom stereocenters. The summed E-state index contributed by atoms with van der Waals surface area (Å²) >= 11 is 0. The summed E-state index contributed by atoms with van der Waals surface area (Å²) in [4.78, 5) is 0. The Morgan fingerprint density at radius 3 is 1.41 bits per heavy atom. The molecule has 44 heavy (non-hydrogen) atoms. The minimum Gasteiger partial charge on any atom is -0.399 e. The molecule has 0 aliphatic carbocycles. The van der Waals surface area contributed by atoms with Crippen molar-refractivity contribution >= 4 is 11.4 Å². The number of anilines is 2. The largest absolute Gasteiger partial charge is 0.399 e. The summed E-state index contributed by atoms with van der Waals surface area (Å²) in [6, 6.07) is 39.8. The Morgan fingerprint density at radius 1 is 0.409 bits per heavy atom. The van der Waals surface area contributed by atoms with Crippen LogP contribution in [-0.4, -0.2) is 0 Å². The predicted octanol–water partition coefficient (Wildman–Crippen LogP) is 10.0. The average molecular weight is 581 g/mol. The standard InChI is InChI=1S/C42H48N2/c1-3-4-5-6-7-8-39-30-37(27-34-17-23-42(44)24-18-34)14-20-40(39)29-36-13-19-38(31(2)25-36)28-35-11-9-32(10-12-35)26-33-15-21-41(43)22-16-33/h9-25,30H,3-8,26-29,43-44H2,1-2H3. The van der Waals surface area contributed by atoms with Crippen molar-refractivity contribution in [3.05, 3.63) is 165 Å². The fourth-order valence-electron chi connectivity index (χ4n) is 6.14. The van der Waals surface area contributed by atoms with Crippen LogP contribution in [-0.2, 0) is 32.1 Å². The Bertz CT molecular complexity index is 1610. The summed E-state index contributed by atoms with van der Waals surface area (Å²) in [5.41, 5.74) is 27.2. The molecule has 0 bridgehead atoms. The molecule has 0 aromatic heterocycles. The van der Waals surface area contributed by atoms with Gasteiger partial charge in [-0.05, 0) is 125 Å². The van der Waals surface area contributed by atoms with Gasteiger partial charge in [-0.1, -0.05) is 118 Å². The van der Waals surface area contributed by atoms with E-state index in [1.165, 1.54) is 87.7 Å². The molecule has 0 amide bonds. The first-order chi connectivity index (χ1) is 21.4. The zero-order valence-corrected chi connectivity index (χ0v) is 26.6. The third-order valence-corrected chi connectivity index (χ3v) is 8.82. The third kappa shape index (κ3) is 9.10. The van der Waals surface area contributed by atoms with Gasteiger partial charge in [0.05, 0.1) is 0 Å². The first-order valence-electron chi connectivity index (χ1n) is 16.4. The molecule has 0 fully saturated rings. The van der Waals surface area contributed by atoms with Gasteiger partial charge < -0.3 is 11.5 Å². The molecule has 0 atom stereocenters. The van der Waals surface area contributed by atoms with Crippen molar-refractivity contribution in [2.45, 2.75) is 78.1 Å². The monoisotopic (exact) mass is 580 g/mol. The molecule has 0 aliphatic rings. The highest BCUT2D eigenvalue weighted by Crippen LogP contribution is 2.24. The van der Waals surface area contributed by atoms with Gasteiger partial charge in [-0.15, -0.1) is 0 Å². The summed E-state index contributed by atoms with van der Waals surface area (Å²) in [6.07, 6.45) is 11.5. The van der Waals surface area contributed by atoms with E-state index in [2.05, 4.69) is 98.8 Å². The highest BCUT2D eigenvalue weighted by molar-refractivity contribution is 5.44. The molecule has 4 N–H and O–H groups in total. The van der Waals surface area contributed by atoms with Crippen LogP contribution in [0.5, 0.6) is 0 Å². The lowest BCUT2D eigenvalue weighted by Crippen LogP contribution is -2.01. The molecule has 0 radical (unpaired) electrons. The first-order valence-corrected chi connectivity index (χ1v) is 16.4. The molecule has 5 aromatic carbocycles.